The summed E-state index contributed by atoms with van der Waals surface area (Å²) in [6.07, 6.45) is 0. The van der Waals surface area contributed by atoms with Gasteiger partial charge in [0.15, 0.2) is 0 Å². The average Bonchev–Trinajstić information content (AvgIpc) is 2.83. The Morgan fingerprint density at radius 2 is 1.89 bits per heavy atom. The topological polar surface area (TPSA) is 39.2 Å². The summed E-state index contributed by atoms with van der Waals surface area (Å²) in [6.45, 7) is 0. The van der Waals surface area contributed by atoms with E-state index in [0.29, 0.717) is 21.9 Å². The van der Waals surface area contributed by atoms with Crippen molar-refractivity contribution < 1.29 is 8.81 Å². The molecule has 0 amide bonds. The van der Waals surface area contributed by atoms with Crippen LogP contribution in [0, 0.1) is 5.82 Å². The molecule has 2 N–H and O–H groups in total. The maximum Gasteiger partial charge on any atom is 0.135 e. The zero-order chi connectivity index (χ0) is 13.4. The van der Waals surface area contributed by atoms with Gasteiger partial charge in [-0.25, -0.2) is 4.39 Å². The van der Waals surface area contributed by atoms with Gasteiger partial charge in [0.2, 0.25) is 0 Å². The standard InChI is InChI=1S/C15H11ClFNO/c16-12-5-2-6-13-11(12)8-14(19-13)15(18)9-3-1-4-10(17)7-9/h1-8,15H,18H2. The van der Waals surface area contributed by atoms with Crippen molar-refractivity contribution in [1.29, 1.82) is 0 Å². The Bertz CT molecular complexity index is 738. The van der Waals surface area contributed by atoms with E-state index in [4.69, 9.17) is 21.8 Å². The van der Waals surface area contributed by atoms with E-state index in [1.165, 1.54) is 12.1 Å². The Kier molecular flexibility index (Phi) is 3.01. The fourth-order valence-corrected chi connectivity index (χ4v) is 2.28. The maximum atomic E-state index is 13.2. The highest BCUT2D eigenvalue weighted by atomic mass is 35.5. The highest BCUT2D eigenvalue weighted by Gasteiger charge is 2.15. The predicted molar refractivity (Wildman–Crippen MR) is 73.7 cm³/mol. The first-order valence-corrected chi connectivity index (χ1v) is 6.22. The van der Waals surface area contributed by atoms with Crippen LogP contribution in [0.25, 0.3) is 11.0 Å². The highest BCUT2D eigenvalue weighted by Crippen LogP contribution is 2.30. The largest absolute Gasteiger partial charge is 0.459 e. The molecule has 0 aliphatic heterocycles. The molecule has 4 heteroatoms. The van der Waals surface area contributed by atoms with Gasteiger partial charge in [-0.2, -0.15) is 0 Å². The first kappa shape index (κ1) is 12.2. The smallest absolute Gasteiger partial charge is 0.135 e. The quantitative estimate of drug-likeness (QED) is 0.758. The van der Waals surface area contributed by atoms with Crippen molar-refractivity contribution >= 4 is 22.6 Å². The second kappa shape index (κ2) is 4.68. The van der Waals surface area contributed by atoms with E-state index >= 15 is 0 Å². The molecule has 0 bridgehead atoms. The summed E-state index contributed by atoms with van der Waals surface area (Å²) in [5.41, 5.74) is 7.43. The van der Waals surface area contributed by atoms with Crippen LogP contribution in [-0.2, 0) is 0 Å². The van der Waals surface area contributed by atoms with Gasteiger partial charge in [0.1, 0.15) is 17.2 Å². The van der Waals surface area contributed by atoms with Crippen molar-refractivity contribution in [3.63, 3.8) is 0 Å². The van der Waals surface area contributed by atoms with Gasteiger partial charge in [-0.1, -0.05) is 29.8 Å². The predicted octanol–water partition coefficient (Wildman–Crippen LogP) is 4.27. The molecule has 19 heavy (non-hydrogen) atoms. The first-order valence-electron chi connectivity index (χ1n) is 5.84. The van der Waals surface area contributed by atoms with Gasteiger partial charge in [-0.05, 0) is 35.9 Å². The lowest BCUT2D eigenvalue weighted by Gasteiger charge is -2.08. The molecule has 1 unspecified atom stereocenters. The Labute approximate surface area is 114 Å². The van der Waals surface area contributed by atoms with Crippen LogP contribution >= 0.6 is 11.6 Å². The van der Waals surface area contributed by atoms with E-state index < -0.39 is 6.04 Å². The number of benzene rings is 2. The number of fused-ring (bicyclic) bond motifs is 1. The van der Waals surface area contributed by atoms with Gasteiger partial charge in [-0.15, -0.1) is 0 Å². The van der Waals surface area contributed by atoms with Crippen LogP contribution < -0.4 is 5.73 Å². The summed E-state index contributed by atoms with van der Waals surface area (Å²) in [4.78, 5) is 0. The fourth-order valence-electron chi connectivity index (χ4n) is 2.06. The number of rotatable bonds is 2. The molecule has 0 aliphatic rings. The fraction of sp³-hybridized carbons (Fsp3) is 0.0667. The van der Waals surface area contributed by atoms with Crippen LogP contribution in [0.15, 0.2) is 52.9 Å². The maximum absolute atomic E-state index is 13.2. The summed E-state index contributed by atoms with van der Waals surface area (Å²) in [5, 5.41) is 1.42. The first-order chi connectivity index (χ1) is 9.15. The molecule has 1 atom stereocenters. The average molecular weight is 276 g/mol. The van der Waals surface area contributed by atoms with Gasteiger partial charge >= 0.3 is 0 Å². The summed E-state index contributed by atoms with van der Waals surface area (Å²) in [6, 6.07) is 12.9. The van der Waals surface area contributed by atoms with Gasteiger partial charge in [0.05, 0.1) is 11.1 Å². The number of nitrogens with two attached hydrogens (primary N) is 1. The summed E-state index contributed by atoms with van der Waals surface area (Å²) in [7, 11) is 0. The SMILES string of the molecule is NC(c1cccc(F)c1)c1cc2c(Cl)cccc2o1. The molecule has 0 saturated heterocycles. The summed E-state index contributed by atoms with van der Waals surface area (Å²) < 4.78 is 18.9. The minimum atomic E-state index is -0.515. The minimum absolute atomic E-state index is 0.318. The lowest BCUT2D eigenvalue weighted by Crippen LogP contribution is -2.10. The Morgan fingerprint density at radius 3 is 2.63 bits per heavy atom. The van der Waals surface area contributed by atoms with E-state index in [1.54, 1.807) is 24.3 Å². The third kappa shape index (κ3) is 2.23. The van der Waals surface area contributed by atoms with Crippen LogP contribution in [0.5, 0.6) is 0 Å². The lowest BCUT2D eigenvalue weighted by molar-refractivity contribution is 0.523. The van der Waals surface area contributed by atoms with E-state index in [9.17, 15) is 4.39 Å². The molecular formula is C15H11ClFNO. The number of hydrogen-bond donors (Lipinski definition) is 1. The van der Waals surface area contributed by atoms with Crippen LogP contribution in [-0.4, -0.2) is 0 Å². The summed E-state index contributed by atoms with van der Waals surface area (Å²) in [5.74, 6) is 0.246. The molecule has 0 aliphatic carbocycles. The summed E-state index contributed by atoms with van der Waals surface area (Å²) >= 11 is 6.09. The van der Waals surface area contributed by atoms with Gasteiger partial charge in [0, 0.05) is 5.39 Å². The number of halogens is 2. The monoisotopic (exact) mass is 275 g/mol. The Hall–Kier alpha value is -1.84. The third-order valence-corrected chi connectivity index (χ3v) is 3.37. The van der Waals surface area contributed by atoms with Crippen molar-refractivity contribution in [2.75, 3.05) is 0 Å². The van der Waals surface area contributed by atoms with Crippen molar-refractivity contribution in [2.24, 2.45) is 5.73 Å². The molecule has 0 radical (unpaired) electrons. The molecule has 3 rings (SSSR count). The zero-order valence-corrected chi connectivity index (χ0v) is 10.7. The normalized spacial score (nSPS) is 12.8. The molecule has 0 saturated carbocycles. The molecule has 2 aromatic carbocycles. The van der Waals surface area contributed by atoms with Crippen molar-refractivity contribution in [3.8, 4) is 0 Å². The van der Waals surface area contributed by atoms with Crippen molar-refractivity contribution in [3.05, 3.63) is 70.7 Å². The zero-order valence-electron chi connectivity index (χ0n) is 9.94. The van der Waals surface area contributed by atoms with Crippen LogP contribution in [0.2, 0.25) is 5.02 Å². The van der Waals surface area contributed by atoms with E-state index in [-0.39, 0.29) is 5.82 Å². The van der Waals surface area contributed by atoms with Gasteiger partial charge in [-0.3, -0.25) is 0 Å². The van der Waals surface area contributed by atoms with Crippen LogP contribution in [0.4, 0.5) is 4.39 Å². The second-order valence-corrected chi connectivity index (χ2v) is 4.74. The third-order valence-electron chi connectivity index (χ3n) is 3.04. The molecule has 1 aromatic heterocycles. The van der Waals surface area contributed by atoms with Crippen LogP contribution in [0.1, 0.15) is 17.4 Å². The number of hydrogen-bond acceptors (Lipinski definition) is 2. The minimum Gasteiger partial charge on any atom is -0.459 e. The highest BCUT2D eigenvalue weighted by molar-refractivity contribution is 6.35. The van der Waals surface area contributed by atoms with Gasteiger partial charge < -0.3 is 10.2 Å². The molecular weight excluding hydrogens is 265 g/mol. The lowest BCUT2D eigenvalue weighted by atomic mass is 10.1. The van der Waals surface area contributed by atoms with Crippen molar-refractivity contribution in [1.82, 2.24) is 0 Å². The van der Waals surface area contributed by atoms with E-state index in [0.717, 1.165) is 5.39 Å². The number of furan rings is 1. The molecule has 96 valence electrons. The Morgan fingerprint density at radius 1 is 1.11 bits per heavy atom. The molecule has 0 spiro atoms. The van der Waals surface area contributed by atoms with Crippen LogP contribution in [0.3, 0.4) is 0 Å². The molecule has 3 aromatic rings. The molecule has 1 heterocycles. The van der Waals surface area contributed by atoms with E-state index in [1.807, 2.05) is 12.1 Å². The molecule has 2 nitrogen and oxygen atoms in total. The van der Waals surface area contributed by atoms with Crippen molar-refractivity contribution in [2.45, 2.75) is 6.04 Å². The van der Waals surface area contributed by atoms with E-state index in [2.05, 4.69) is 0 Å². The Balaban J connectivity index is 2.06. The van der Waals surface area contributed by atoms with Gasteiger partial charge in [0.25, 0.3) is 0 Å². The molecule has 0 fully saturated rings. The second-order valence-electron chi connectivity index (χ2n) is 4.33.